The number of alkyl halides is 3. The van der Waals surface area contributed by atoms with E-state index in [-0.39, 0.29) is 17.2 Å². The third-order valence-corrected chi connectivity index (χ3v) is 2.50. The summed E-state index contributed by atoms with van der Waals surface area (Å²) in [7, 11) is 0. The fraction of sp³-hybridized carbons (Fsp3) is 0.0833. The summed E-state index contributed by atoms with van der Waals surface area (Å²) < 4.78 is 42.9. The normalized spacial score (nSPS) is 11.2. The van der Waals surface area contributed by atoms with E-state index in [0.717, 1.165) is 0 Å². The summed E-state index contributed by atoms with van der Waals surface area (Å²) in [6, 6.07) is 6.08. The van der Waals surface area contributed by atoms with Gasteiger partial charge in [-0.2, -0.15) is 18.2 Å². The van der Waals surface area contributed by atoms with Gasteiger partial charge in [-0.05, 0) is 35.9 Å². The fourth-order valence-corrected chi connectivity index (χ4v) is 1.58. The van der Waals surface area contributed by atoms with E-state index in [1.165, 1.54) is 24.3 Å². The second-order valence-electron chi connectivity index (χ2n) is 3.85. The molecule has 1 heterocycles. The van der Waals surface area contributed by atoms with Gasteiger partial charge in [-0.1, -0.05) is 0 Å². The maximum absolute atomic E-state index is 12.6. The number of rotatable bonds is 3. The Hall–Kier alpha value is -2.35. The fourth-order valence-electron chi connectivity index (χ4n) is 1.40. The van der Waals surface area contributed by atoms with E-state index in [4.69, 9.17) is 22.1 Å². The van der Waals surface area contributed by atoms with Crippen LogP contribution >= 0.6 is 11.6 Å². The molecule has 110 valence electrons. The molecule has 2 aromatic rings. The van der Waals surface area contributed by atoms with Gasteiger partial charge in [-0.15, -0.1) is 0 Å². The van der Waals surface area contributed by atoms with Crippen molar-refractivity contribution in [3.05, 3.63) is 46.9 Å². The smallest absolute Gasteiger partial charge is 0.433 e. The second kappa shape index (κ2) is 5.57. The first-order valence-electron chi connectivity index (χ1n) is 5.45. The summed E-state index contributed by atoms with van der Waals surface area (Å²) in [4.78, 5) is 17.5. The monoisotopic (exact) mass is 317 g/mol. The predicted octanol–water partition coefficient (Wildman–Crippen LogP) is 3.04. The van der Waals surface area contributed by atoms with E-state index >= 15 is 0 Å². The number of ether oxygens (including phenoxy) is 1. The summed E-state index contributed by atoms with van der Waals surface area (Å²) in [6.07, 6.45) is -4.67. The molecule has 9 heteroatoms. The summed E-state index contributed by atoms with van der Waals surface area (Å²) in [5, 5.41) is -0.589. The first kappa shape index (κ1) is 15.0. The van der Waals surface area contributed by atoms with Crippen LogP contribution in [0.15, 0.2) is 30.3 Å². The number of amides is 1. The van der Waals surface area contributed by atoms with Gasteiger partial charge in [0.1, 0.15) is 5.75 Å². The third kappa shape index (κ3) is 3.82. The van der Waals surface area contributed by atoms with Crippen molar-refractivity contribution in [2.24, 2.45) is 5.73 Å². The molecule has 2 N–H and O–H groups in total. The molecular formula is C12H7ClF3N3O2. The zero-order valence-electron chi connectivity index (χ0n) is 10.2. The Bertz CT molecular complexity index is 674. The van der Waals surface area contributed by atoms with Crippen molar-refractivity contribution in [1.29, 1.82) is 0 Å². The van der Waals surface area contributed by atoms with Crippen LogP contribution in [-0.4, -0.2) is 15.9 Å². The molecule has 0 unspecified atom stereocenters. The Morgan fingerprint density at radius 1 is 1.19 bits per heavy atom. The minimum Gasteiger partial charge on any atom is -0.439 e. The van der Waals surface area contributed by atoms with Gasteiger partial charge < -0.3 is 10.5 Å². The van der Waals surface area contributed by atoms with Crippen LogP contribution in [-0.2, 0) is 6.18 Å². The molecule has 2 rings (SSSR count). The van der Waals surface area contributed by atoms with Crippen molar-refractivity contribution >= 4 is 17.5 Å². The van der Waals surface area contributed by atoms with Gasteiger partial charge in [0.15, 0.2) is 5.69 Å². The average Bonchev–Trinajstić information content (AvgIpc) is 2.37. The summed E-state index contributed by atoms with van der Waals surface area (Å²) >= 11 is 5.43. The van der Waals surface area contributed by atoms with Crippen molar-refractivity contribution in [2.45, 2.75) is 6.18 Å². The lowest BCUT2D eigenvalue weighted by atomic mass is 10.2. The molecule has 0 spiro atoms. The molecule has 0 radical (unpaired) electrons. The zero-order chi connectivity index (χ0) is 15.6. The molecule has 5 nitrogen and oxygen atoms in total. The molecule has 1 aromatic heterocycles. The highest BCUT2D eigenvalue weighted by Gasteiger charge is 2.34. The van der Waals surface area contributed by atoms with Crippen LogP contribution in [0.25, 0.3) is 0 Å². The maximum atomic E-state index is 12.6. The number of carbonyl (C=O) groups excluding carboxylic acids is 1. The first-order chi connectivity index (χ1) is 9.75. The van der Waals surface area contributed by atoms with Gasteiger partial charge in [-0.3, -0.25) is 4.79 Å². The molecule has 0 atom stereocenters. The van der Waals surface area contributed by atoms with Gasteiger partial charge in [0.25, 0.3) is 0 Å². The van der Waals surface area contributed by atoms with Crippen LogP contribution < -0.4 is 10.5 Å². The SMILES string of the molecule is NC(=O)c1ccc(Oc2cc(C(F)(F)F)nc(Cl)n2)cc1. The van der Waals surface area contributed by atoms with Gasteiger partial charge in [-0.25, -0.2) is 4.98 Å². The summed E-state index contributed by atoms with van der Waals surface area (Å²) in [5.74, 6) is -0.831. The van der Waals surface area contributed by atoms with E-state index in [1.807, 2.05) is 0 Å². The van der Waals surface area contributed by atoms with Gasteiger partial charge in [0.2, 0.25) is 17.1 Å². The molecule has 21 heavy (non-hydrogen) atoms. The Kier molecular flexibility index (Phi) is 3.99. The Balaban J connectivity index is 2.27. The number of primary amides is 1. The third-order valence-electron chi connectivity index (χ3n) is 2.33. The van der Waals surface area contributed by atoms with E-state index in [9.17, 15) is 18.0 Å². The van der Waals surface area contributed by atoms with Crippen LogP contribution in [0.5, 0.6) is 11.6 Å². The Morgan fingerprint density at radius 3 is 2.33 bits per heavy atom. The highest BCUT2D eigenvalue weighted by atomic mass is 35.5. The Morgan fingerprint density at radius 2 is 1.81 bits per heavy atom. The zero-order valence-corrected chi connectivity index (χ0v) is 10.9. The lowest BCUT2D eigenvalue weighted by molar-refractivity contribution is -0.141. The van der Waals surface area contributed by atoms with Gasteiger partial charge >= 0.3 is 6.18 Å². The number of carbonyl (C=O) groups is 1. The Labute approximate surface area is 121 Å². The number of nitrogens with two attached hydrogens (primary N) is 1. The molecule has 0 saturated heterocycles. The predicted molar refractivity (Wildman–Crippen MR) is 67.1 cm³/mol. The van der Waals surface area contributed by atoms with Crippen molar-refractivity contribution < 1.29 is 22.7 Å². The molecular weight excluding hydrogens is 311 g/mol. The number of halogens is 4. The molecule has 0 aliphatic carbocycles. The minimum atomic E-state index is -4.67. The number of hydrogen-bond donors (Lipinski definition) is 1. The maximum Gasteiger partial charge on any atom is 0.433 e. The molecule has 1 amide bonds. The van der Waals surface area contributed by atoms with E-state index in [1.54, 1.807) is 0 Å². The largest absolute Gasteiger partial charge is 0.439 e. The summed E-state index contributed by atoms with van der Waals surface area (Å²) in [6.45, 7) is 0. The van der Waals surface area contributed by atoms with Crippen LogP contribution in [0.2, 0.25) is 5.28 Å². The van der Waals surface area contributed by atoms with Crippen molar-refractivity contribution in [3.8, 4) is 11.6 Å². The van der Waals surface area contributed by atoms with E-state index < -0.39 is 23.1 Å². The second-order valence-corrected chi connectivity index (χ2v) is 4.19. The van der Waals surface area contributed by atoms with Crippen molar-refractivity contribution in [1.82, 2.24) is 9.97 Å². The van der Waals surface area contributed by atoms with E-state index in [2.05, 4.69) is 9.97 Å². The van der Waals surface area contributed by atoms with Gasteiger partial charge in [0.05, 0.1) is 0 Å². The standard InChI is InChI=1S/C12H7ClF3N3O2/c13-11-18-8(12(14,15)16)5-9(19-11)21-7-3-1-6(2-4-7)10(17)20/h1-5H,(H2,17,20). The number of nitrogens with zero attached hydrogens (tertiary/aromatic N) is 2. The van der Waals surface area contributed by atoms with Crippen LogP contribution in [0.4, 0.5) is 13.2 Å². The van der Waals surface area contributed by atoms with Crippen LogP contribution in [0.1, 0.15) is 16.1 Å². The highest BCUT2D eigenvalue weighted by Crippen LogP contribution is 2.31. The van der Waals surface area contributed by atoms with Crippen LogP contribution in [0.3, 0.4) is 0 Å². The van der Waals surface area contributed by atoms with E-state index in [0.29, 0.717) is 6.07 Å². The van der Waals surface area contributed by atoms with Crippen LogP contribution in [0, 0.1) is 0 Å². The molecule has 1 aromatic carbocycles. The first-order valence-corrected chi connectivity index (χ1v) is 5.83. The summed E-state index contributed by atoms with van der Waals surface area (Å²) in [5.41, 5.74) is 4.08. The molecule has 0 aliphatic rings. The quantitative estimate of drug-likeness (QED) is 0.883. The van der Waals surface area contributed by atoms with Gasteiger partial charge in [0, 0.05) is 11.6 Å². The number of aromatic nitrogens is 2. The van der Waals surface area contributed by atoms with Crippen molar-refractivity contribution in [3.63, 3.8) is 0 Å². The molecule has 0 fully saturated rings. The topological polar surface area (TPSA) is 78.1 Å². The van der Waals surface area contributed by atoms with Crippen molar-refractivity contribution in [2.75, 3.05) is 0 Å². The average molecular weight is 318 g/mol. The molecule has 0 aliphatic heterocycles. The minimum absolute atomic E-state index is 0.169. The molecule has 0 saturated carbocycles. The highest BCUT2D eigenvalue weighted by molar-refractivity contribution is 6.28. The lowest BCUT2D eigenvalue weighted by Crippen LogP contribution is -2.10. The number of benzene rings is 1. The lowest BCUT2D eigenvalue weighted by Gasteiger charge is -2.09. The number of hydrogen-bond acceptors (Lipinski definition) is 4. The molecule has 0 bridgehead atoms.